The van der Waals surface area contributed by atoms with Gasteiger partial charge in [-0.05, 0) is 6.07 Å². The minimum atomic E-state index is -1.19. The maximum atomic E-state index is 11.8. The van der Waals surface area contributed by atoms with Crippen molar-refractivity contribution in [3.63, 3.8) is 0 Å². The van der Waals surface area contributed by atoms with Gasteiger partial charge in [-0.1, -0.05) is 17.7 Å². The average molecular weight is 270 g/mol. The largest absolute Gasteiger partial charge is 0.465 e. The standard InChI is InChI=1S/C10H8ClN3O4/c11-8-10(4-13(8)9(17)18)12-7(16)5-2-1-3-6(15)14(5)10/h1-3,8H,4H2,(H,12,16)(H,17,18). The van der Waals surface area contributed by atoms with Crippen LogP contribution in [0.5, 0.6) is 0 Å². The van der Waals surface area contributed by atoms with Crippen LogP contribution in [0.25, 0.3) is 0 Å². The fraction of sp³-hybridized carbons (Fsp3) is 0.300. The van der Waals surface area contributed by atoms with E-state index in [0.717, 1.165) is 4.90 Å². The minimum absolute atomic E-state index is 0.0425. The van der Waals surface area contributed by atoms with Crippen molar-refractivity contribution in [1.82, 2.24) is 14.8 Å². The fourth-order valence-electron chi connectivity index (χ4n) is 2.40. The molecule has 2 unspecified atom stereocenters. The lowest BCUT2D eigenvalue weighted by Crippen LogP contribution is -2.74. The van der Waals surface area contributed by atoms with Crippen LogP contribution in [0.3, 0.4) is 0 Å². The number of fused-ring (bicyclic) bond motifs is 2. The van der Waals surface area contributed by atoms with Crippen molar-refractivity contribution < 1.29 is 14.7 Å². The van der Waals surface area contributed by atoms with Gasteiger partial charge in [0.25, 0.3) is 11.5 Å². The molecule has 94 valence electrons. The second kappa shape index (κ2) is 3.26. The van der Waals surface area contributed by atoms with Gasteiger partial charge in [0.2, 0.25) is 0 Å². The van der Waals surface area contributed by atoms with Gasteiger partial charge >= 0.3 is 6.09 Å². The van der Waals surface area contributed by atoms with Crippen LogP contribution in [-0.2, 0) is 5.66 Å². The monoisotopic (exact) mass is 269 g/mol. The number of carboxylic acid groups (broad SMARTS) is 1. The number of pyridine rings is 1. The van der Waals surface area contributed by atoms with Crippen molar-refractivity contribution in [3.05, 3.63) is 34.2 Å². The summed E-state index contributed by atoms with van der Waals surface area (Å²) in [5.74, 6) is -0.427. The van der Waals surface area contributed by atoms with E-state index < -0.39 is 23.2 Å². The predicted octanol–water partition coefficient (Wildman–Crippen LogP) is -0.197. The highest BCUT2D eigenvalue weighted by Crippen LogP contribution is 2.39. The van der Waals surface area contributed by atoms with E-state index in [1.807, 2.05) is 0 Å². The maximum absolute atomic E-state index is 11.8. The first kappa shape index (κ1) is 11.1. The van der Waals surface area contributed by atoms with Crippen molar-refractivity contribution in [2.45, 2.75) is 11.2 Å². The summed E-state index contributed by atoms with van der Waals surface area (Å²) in [5.41, 5.74) is -2.36. The first-order valence-electron chi connectivity index (χ1n) is 5.16. The first-order valence-corrected chi connectivity index (χ1v) is 5.60. The summed E-state index contributed by atoms with van der Waals surface area (Å²) in [5, 5.41) is 11.5. The Balaban J connectivity index is 2.13. The number of aromatic nitrogens is 1. The van der Waals surface area contributed by atoms with Crippen LogP contribution in [0, 0.1) is 0 Å². The van der Waals surface area contributed by atoms with Gasteiger partial charge in [0, 0.05) is 6.07 Å². The van der Waals surface area contributed by atoms with E-state index in [1.165, 1.54) is 22.8 Å². The zero-order valence-electron chi connectivity index (χ0n) is 8.96. The maximum Gasteiger partial charge on any atom is 0.408 e. The quantitative estimate of drug-likeness (QED) is 0.504. The van der Waals surface area contributed by atoms with Crippen LogP contribution in [0.1, 0.15) is 10.5 Å². The molecule has 3 rings (SSSR count). The van der Waals surface area contributed by atoms with Crippen molar-refractivity contribution in [1.29, 1.82) is 0 Å². The summed E-state index contributed by atoms with van der Waals surface area (Å²) < 4.78 is 1.23. The van der Waals surface area contributed by atoms with Gasteiger partial charge in [-0.25, -0.2) is 4.79 Å². The Morgan fingerprint density at radius 2 is 2.22 bits per heavy atom. The van der Waals surface area contributed by atoms with E-state index in [9.17, 15) is 14.4 Å². The van der Waals surface area contributed by atoms with E-state index >= 15 is 0 Å². The Bertz CT molecular complexity index is 628. The zero-order valence-corrected chi connectivity index (χ0v) is 9.72. The molecule has 8 heteroatoms. The van der Waals surface area contributed by atoms with Gasteiger partial charge in [0.1, 0.15) is 5.69 Å². The fourth-order valence-corrected chi connectivity index (χ4v) is 2.77. The molecule has 0 bridgehead atoms. The highest BCUT2D eigenvalue weighted by Gasteiger charge is 2.61. The van der Waals surface area contributed by atoms with E-state index in [0.29, 0.717) is 0 Å². The number of carbonyl (C=O) groups excluding carboxylic acids is 1. The van der Waals surface area contributed by atoms with Gasteiger partial charge in [-0.3, -0.25) is 19.1 Å². The molecular weight excluding hydrogens is 262 g/mol. The lowest BCUT2D eigenvalue weighted by atomic mass is 10.0. The summed E-state index contributed by atoms with van der Waals surface area (Å²) in [4.78, 5) is 35.4. The van der Waals surface area contributed by atoms with Crippen LogP contribution < -0.4 is 10.9 Å². The summed E-state index contributed by atoms with van der Waals surface area (Å²) >= 11 is 6.01. The summed E-state index contributed by atoms with van der Waals surface area (Å²) in [6.07, 6.45) is -1.19. The van der Waals surface area contributed by atoms with Gasteiger partial charge in [0.15, 0.2) is 11.2 Å². The highest BCUT2D eigenvalue weighted by atomic mass is 35.5. The number of nitrogens with zero attached hydrogens (tertiary/aromatic N) is 2. The molecule has 2 atom stereocenters. The molecule has 1 aromatic heterocycles. The van der Waals surface area contributed by atoms with E-state index in [-0.39, 0.29) is 17.8 Å². The van der Waals surface area contributed by atoms with E-state index in [4.69, 9.17) is 16.7 Å². The van der Waals surface area contributed by atoms with Crippen LogP contribution in [0.15, 0.2) is 23.0 Å². The minimum Gasteiger partial charge on any atom is -0.465 e. The number of alkyl halides is 1. The topological polar surface area (TPSA) is 91.6 Å². The number of hydrogen-bond acceptors (Lipinski definition) is 3. The molecule has 18 heavy (non-hydrogen) atoms. The number of carbonyl (C=O) groups is 2. The number of amides is 2. The van der Waals surface area contributed by atoms with Gasteiger partial charge < -0.3 is 10.4 Å². The third kappa shape index (κ3) is 1.11. The van der Waals surface area contributed by atoms with Crippen molar-refractivity contribution in [3.8, 4) is 0 Å². The first-order chi connectivity index (χ1) is 8.47. The predicted molar refractivity (Wildman–Crippen MR) is 60.5 cm³/mol. The number of likely N-dealkylation sites (tertiary alicyclic amines) is 1. The molecule has 0 aliphatic carbocycles. The van der Waals surface area contributed by atoms with Crippen molar-refractivity contribution in [2.24, 2.45) is 0 Å². The van der Waals surface area contributed by atoms with Crippen LogP contribution >= 0.6 is 11.6 Å². The molecule has 1 spiro atoms. The highest BCUT2D eigenvalue weighted by molar-refractivity contribution is 6.23. The molecule has 7 nitrogen and oxygen atoms in total. The number of halogens is 1. The van der Waals surface area contributed by atoms with Gasteiger partial charge in [-0.2, -0.15) is 0 Å². The number of rotatable bonds is 0. The third-order valence-electron chi connectivity index (χ3n) is 3.24. The Morgan fingerprint density at radius 1 is 1.50 bits per heavy atom. The van der Waals surface area contributed by atoms with Crippen molar-refractivity contribution >= 4 is 23.6 Å². The Labute approximate surface area is 106 Å². The van der Waals surface area contributed by atoms with Gasteiger partial charge in [-0.15, -0.1) is 0 Å². The SMILES string of the molecule is O=C1NC2(CN(C(=O)O)C2Cl)n2c1cccc2=O. The Hall–Kier alpha value is -2.02. The Morgan fingerprint density at radius 3 is 2.83 bits per heavy atom. The van der Waals surface area contributed by atoms with Crippen molar-refractivity contribution in [2.75, 3.05) is 6.54 Å². The third-order valence-corrected chi connectivity index (χ3v) is 3.84. The zero-order chi connectivity index (χ0) is 13.1. The van der Waals surface area contributed by atoms with Crippen LogP contribution in [0.2, 0.25) is 0 Å². The lowest BCUT2D eigenvalue weighted by molar-refractivity contribution is -0.0155. The molecule has 2 aliphatic heterocycles. The normalized spacial score (nSPS) is 28.8. The summed E-state index contributed by atoms with van der Waals surface area (Å²) in [6, 6.07) is 4.28. The van der Waals surface area contributed by atoms with Crippen LogP contribution in [-0.4, -0.2) is 38.6 Å². The molecular formula is C10H8ClN3O4. The molecule has 2 aliphatic rings. The summed E-state index contributed by atoms with van der Waals surface area (Å²) in [6.45, 7) is -0.0425. The molecule has 1 aromatic rings. The Kier molecular flexibility index (Phi) is 2.01. The molecule has 2 N–H and O–H groups in total. The number of nitrogens with one attached hydrogen (secondary N) is 1. The average Bonchev–Trinajstić information content (AvgIpc) is 2.63. The molecule has 0 aromatic carbocycles. The number of hydrogen-bond donors (Lipinski definition) is 2. The molecule has 3 heterocycles. The molecule has 0 radical (unpaired) electrons. The smallest absolute Gasteiger partial charge is 0.408 e. The van der Waals surface area contributed by atoms with Crippen LogP contribution in [0.4, 0.5) is 4.79 Å². The summed E-state index contributed by atoms with van der Waals surface area (Å²) in [7, 11) is 0. The molecule has 0 saturated carbocycles. The lowest BCUT2D eigenvalue weighted by Gasteiger charge is -2.50. The molecule has 2 amide bonds. The van der Waals surface area contributed by atoms with E-state index in [2.05, 4.69) is 5.32 Å². The molecule has 1 fully saturated rings. The van der Waals surface area contributed by atoms with Gasteiger partial charge in [0.05, 0.1) is 6.54 Å². The second-order valence-electron chi connectivity index (χ2n) is 4.21. The van der Waals surface area contributed by atoms with E-state index in [1.54, 1.807) is 0 Å². The second-order valence-corrected chi connectivity index (χ2v) is 4.62. The molecule has 1 saturated heterocycles.